The molecule has 0 saturated carbocycles. The molecule has 2 rings (SSSR count). The molecule has 0 amide bonds. The molecule has 0 bridgehead atoms. The van der Waals surface area contributed by atoms with Crippen molar-refractivity contribution in [1.82, 2.24) is 0 Å². The number of halogens is 1. The molecule has 100 valence electrons. The van der Waals surface area contributed by atoms with Gasteiger partial charge in [-0.25, -0.2) is 0 Å². The van der Waals surface area contributed by atoms with Crippen molar-refractivity contribution in [2.75, 3.05) is 0 Å². The summed E-state index contributed by atoms with van der Waals surface area (Å²) in [4.78, 5) is 0. The molecule has 2 aromatic rings. The van der Waals surface area contributed by atoms with Crippen LogP contribution in [-0.2, 0) is 0 Å². The summed E-state index contributed by atoms with van der Waals surface area (Å²) in [5.74, 6) is 0.847. The van der Waals surface area contributed by atoms with Crippen molar-refractivity contribution in [2.24, 2.45) is 5.73 Å². The minimum atomic E-state index is -0.125. The Labute approximate surface area is 122 Å². The standard InChI is InChI=1S/C16H18BrNO/c1-2-15(18)16(12-8-10-13(17)11-9-12)19-14-6-4-3-5-7-14/h3-11,15-16H,2,18H2,1H3. The van der Waals surface area contributed by atoms with E-state index in [0.29, 0.717) is 0 Å². The molecule has 0 radical (unpaired) electrons. The molecule has 0 aliphatic heterocycles. The van der Waals surface area contributed by atoms with E-state index in [2.05, 4.69) is 22.9 Å². The van der Waals surface area contributed by atoms with E-state index in [4.69, 9.17) is 10.5 Å². The summed E-state index contributed by atoms with van der Waals surface area (Å²) < 4.78 is 7.11. The van der Waals surface area contributed by atoms with Crippen LogP contribution in [0.5, 0.6) is 5.75 Å². The second-order valence-corrected chi connectivity index (χ2v) is 5.39. The highest BCUT2D eigenvalue weighted by molar-refractivity contribution is 9.10. The predicted octanol–water partition coefficient (Wildman–Crippen LogP) is 4.31. The lowest BCUT2D eigenvalue weighted by Gasteiger charge is -2.24. The molecule has 0 aromatic heterocycles. The second kappa shape index (κ2) is 6.73. The van der Waals surface area contributed by atoms with Gasteiger partial charge in [-0.3, -0.25) is 0 Å². The van der Waals surface area contributed by atoms with Crippen molar-refractivity contribution in [3.05, 3.63) is 64.6 Å². The first-order valence-electron chi connectivity index (χ1n) is 6.43. The number of nitrogens with two attached hydrogens (primary N) is 1. The molecule has 0 fully saturated rings. The van der Waals surface area contributed by atoms with Crippen LogP contribution in [0.1, 0.15) is 25.0 Å². The third-order valence-electron chi connectivity index (χ3n) is 3.07. The van der Waals surface area contributed by atoms with Gasteiger partial charge in [-0.1, -0.05) is 53.2 Å². The van der Waals surface area contributed by atoms with Gasteiger partial charge >= 0.3 is 0 Å². The van der Waals surface area contributed by atoms with Gasteiger partial charge in [-0.05, 0) is 36.2 Å². The van der Waals surface area contributed by atoms with Gasteiger partial charge in [0.15, 0.2) is 0 Å². The Balaban J connectivity index is 2.23. The van der Waals surface area contributed by atoms with Gasteiger partial charge in [-0.15, -0.1) is 0 Å². The monoisotopic (exact) mass is 319 g/mol. The molecule has 0 spiro atoms. The smallest absolute Gasteiger partial charge is 0.139 e. The Bertz CT molecular complexity index is 498. The van der Waals surface area contributed by atoms with E-state index in [0.717, 1.165) is 22.2 Å². The number of hydrogen-bond donors (Lipinski definition) is 1. The third-order valence-corrected chi connectivity index (χ3v) is 3.59. The predicted molar refractivity (Wildman–Crippen MR) is 82.2 cm³/mol. The molecule has 0 saturated heterocycles. The second-order valence-electron chi connectivity index (χ2n) is 4.48. The molecular weight excluding hydrogens is 302 g/mol. The molecule has 0 aliphatic rings. The lowest BCUT2D eigenvalue weighted by molar-refractivity contribution is 0.171. The Morgan fingerprint density at radius 3 is 2.26 bits per heavy atom. The van der Waals surface area contributed by atoms with Gasteiger partial charge in [-0.2, -0.15) is 0 Å². The van der Waals surface area contributed by atoms with Gasteiger partial charge in [0.05, 0.1) is 0 Å². The third kappa shape index (κ3) is 3.82. The number of benzene rings is 2. The van der Waals surface area contributed by atoms with Crippen LogP contribution in [0.15, 0.2) is 59.1 Å². The zero-order chi connectivity index (χ0) is 13.7. The van der Waals surface area contributed by atoms with Crippen molar-refractivity contribution in [1.29, 1.82) is 0 Å². The maximum Gasteiger partial charge on any atom is 0.139 e. The molecule has 0 aliphatic carbocycles. The Hall–Kier alpha value is -1.32. The maximum atomic E-state index is 6.20. The summed E-state index contributed by atoms with van der Waals surface area (Å²) in [6.45, 7) is 2.07. The quantitative estimate of drug-likeness (QED) is 0.891. The highest BCUT2D eigenvalue weighted by atomic mass is 79.9. The van der Waals surface area contributed by atoms with Crippen LogP contribution in [0, 0.1) is 0 Å². The highest BCUT2D eigenvalue weighted by Gasteiger charge is 2.20. The molecule has 2 N–H and O–H groups in total. The minimum absolute atomic E-state index is 0.0265. The molecule has 3 heteroatoms. The number of ether oxygens (including phenoxy) is 1. The minimum Gasteiger partial charge on any atom is -0.484 e. The van der Waals surface area contributed by atoms with E-state index in [1.54, 1.807) is 0 Å². The summed E-state index contributed by atoms with van der Waals surface area (Å²) in [5.41, 5.74) is 7.30. The fraction of sp³-hybridized carbons (Fsp3) is 0.250. The van der Waals surface area contributed by atoms with Crippen molar-refractivity contribution in [3.63, 3.8) is 0 Å². The maximum absolute atomic E-state index is 6.20. The topological polar surface area (TPSA) is 35.2 Å². The summed E-state index contributed by atoms with van der Waals surface area (Å²) in [6.07, 6.45) is 0.744. The van der Waals surface area contributed by atoms with Gasteiger partial charge in [0.1, 0.15) is 11.9 Å². The SMILES string of the molecule is CCC(N)C(Oc1ccccc1)c1ccc(Br)cc1. The Morgan fingerprint density at radius 1 is 1.05 bits per heavy atom. The Morgan fingerprint density at radius 2 is 1.68 bits per heavy atom. The van der Waals surface area contributed by atoms with Crippen molar-refractivity contribution in [2.45, 2.75) is 25.5 Å². The van der Waals surface area contributed by atoms with Crippen LogP contribution in [0.3, 0.4) is 0 Å². The molecule has 2 atom stereocenters. The first kappa shape index (κ1) is 14.1. The lowest BCUT2D eigenvalue weighted by Crippen LogP contribution is -2.31. The highest BCUT2D eigenvalue weighted by Crippen LogP contribution is 2.26. The van der Waals surface area contributed by atoms with E-state index in [1.165, 1.54) is 0 Å². The van der Waals surface area contributed by atoms with Gasteiger partial charge in [0, 0.05) is 10.5 Å². The van der Waals surface area contributed by atoms with E-state index in [9.17, 15) is 0 Å². The van der Waals surface area contributed by atoms with E-state index in [1.807, 2.05) is 54.6 Å². The van der Waals surface area contributed by atoms with Crippen molar-refractivity contribution >= 4 is 15.9 Å². The molecule has 2 unspecified atom stereocenters. The van der Waals surface area contributed by atoms with Crippen LogP contribution < -0.4 is 10.5 Å². The van der Waals surface area contributed by atoms with Crippen molar-refractivity contribution < 1.29 is 4.74 Å². The summed E-state index contributed by atoms with van der Waals surface area (Å²) in [7, 11) is 0. The van der Waals surface area contributed by atoms with Gasteiger partial charge in [0.2, 0.25) is 0 Å². The lowest BCUT2D eigenvalue weighted by atomic mass is 10.0. The molecule has 0 heterocycles. The summed E-state index contributed by atoms with van der Waals surface area (Å²) in [6, 6.07) is 17.9. The average Bonchev–Trinajstić information content (AvgIpc) is 2.46. The van der Waals surface area contributed by atoms with E-state index < -0.39 is 0 Å². The van der Waals surface area contributed by atoms with Crippen LogP contribution in [-0.4, -0.2) is 6.04 Å². The molecular formula is C16H18BrNO. The van der Waals surface area contributed by atoms with Gasteiger partial charge in [0.25, 0.3) is 0 Å². The Kier molecular flexibility index (Phi) is 5.00. The average molecular weight is 320 g/mol. The number of hydrogen-bond acceptors (Lipinski definition) is 2. The van der Waals surface area contributed by atoms with Gasteiger partial charge < -0.3 is 10.5 Å². The fourth-order valence-electron chi connectivity index (χ4n) is 1.91. The van der Waals surface area contributed by atoms with E-state index in [-0.39, 0.29) is 12.1 Å². The van der Waals surface area contributed by atoms with Crippen LogP contribution in [0.4, 0.5) is 0 Å². The number of rotatable bonds is 5. The van der Waals surface area contributed by atoms with Crippen LogP contribution >= 0.6 is 15.9 Å². The summed E-state index contributed by atoms with van der Waals surface area (Å²) >= 11 is 3.44. The van der Waals surface area contributed by atoms with E-state index >= 15 is 0 Å². The first-order valence-corrected chi connectivity index (χ1v) is 7.22. The largest absolute Gasteiger partial charge is 0.484 e. The normalized spacial score (nSPS) is 13.8. The number of para-hydroxylation sites is 1. The van der Waals surface area contributed by atoms with Crippen molar-refractivity contribution in [3.8, 4) is 5.75 Å². The fourth-order valence-corrected chi connectivity index (χ4v) is 2.18. The zero-order valence-corrected chi connectivity index (χ0v) is 12.5. The molecule has 2 aromatic carbocycles. The molecule has 2 nitrogen and oxygen atoms in total. The van der Waals surface area contributed by atoms with Crippen LogP contribution in [0.2, 0.25) is 0 Å². The first-order chi connectivity index (χ1) is 9.20. The van der Waals surface area contributed by atoms with Crippen LogP contribution in [0.25, 0.3) is 0 Å². The zero-order valence-electron chi connectivity index (χ0n) is 10.9. The summed E-state index contributed by atoms with van der Waals surface area (Å²) in [5, 5.41) is 0. The molecule has 19 heavy (non-hydrogen) atoms.